The summed E-state index contributed by atoms with van der Waals surface area (Å²) in [7, 11) is 0. The molecule has 0 radical (unpaired) electrons. The molecule has 1 aliphatic carbocycles. The predicted octanol–water partition coefficient (Wildman–Crippen LogP) is 2.64. The summed E-state index contributed by atoms with van der Waals surface area (Å²) in [6.07, 6.45) is 5.65. The molecule has 0 heterocycles. The molecule has 0 amide bonds. The van der Waals surface area contributed by atoms with Gasteiger partial charge in [0.1, 0.15) is 0 Å². The van der Waals surface area contributed by atoms with Crippen molar-refractivity contribution >= 4 is 5.78 Å². The van der Waals surface area contributed by atoms with E-state index in [-0.39, 0.29) is 0 Å². The molecule has 17 heavy (non-hydrogen) atoms. The zero-order valence-corrected chi connectivity index (χ0v) is 10.5. The van der Waals surface area contributed by atoms with Crippen molar-refractivity contribution in [3.63, 3.8) is 0 Å². The Balaban J connectivity index is 1.79. The Morgan fingerprint density at radius 3 is 2.71 bits per heavy atom. The van der Waals surface area contributed by atoms with E-state index in [2.05, 4.69) is 18.3 Å². The third-order valence-electron chi connectivity index (χ3n) is 3.59. The second-order valence-electron chi connectivity index (χ2n) is 5.00. The van der Waals surface area contributed by atoms with Crippen molar-refractivity contribution in [3.8, 4) is 0 Å². The Kier molecular flexibility index (Phi) is 4.32. The first-order chi connectivity index (χ1) is 8.25. The highest BCUT2D eigenvalue weighted by molar-refractivity contribution is 5.83. The molecule has 0 unspecified atom stereocenters. The monoisotopic (exact) mass is 231 g/mol. The van der Waals surface area contributed by atoms with Crippen molar-refractivity contribution in [2.75, 3.05) is 6.54 Å². The number of ketones is 1. The lowest BCUT2D eigenvalue weighted by Gasteiger charge is -2.11. The lowest BCUT2D eigenvalue weighted by molar-refractivity contribution is -0.117. The van der Waals surface area contributed by atoms with Gasteiger partial charge in [-0.25, -0.2) is 0 Å². The molecule has 2 heteroatoms. The molecule has 2 rings (SSSR count). The first kappa shape index (κ1) is 12.3. The van der Waals surface area contributed by atoms with E-state index in [4.69, 9.17) is 0 Å². The van der Waals surface area contributed by atoms with E-state index in [1.165, 1.54) is 31.2 Å². The molecule has 1 fully saturated rings. The van der Waals surface area contributed by atoms with E-state index in [1.807, 2.05) is 18.2 Å². The van der Waals surface area contributed by atoms with Crippen LogP contribution in [0.4, 0.5) is 0 Å². The zero-order chi connectivity index (χ0) is 12.1. The summed E-state index contributed by atoms with van der Waals surface area (Å²) in [5, 5.41) is 3.37. The molecular weight excluding hydrogens is 210 g/mol. The highest BCUT2D eigenvalue weighted by Crippen LogP contribution is 2.17. The molecule has 92 valence electrons. The van der Waals surface area contributed by atoms with Crippen molar-refractivity contribution in [1.82, 2.24) is 5.32 Å². The molecular formula is C15H21NO. The van der Waals surface area contributed by atoms with Crippen LogP contribution in [-0.4, -0.2) is 18.4 Å². The number of aryl methyl sites for hydroxylation is 1. The summed E-state index contributed by atoms with van der Waals surface area (Å²) in [6.45, 7) is 2.59. The first-order valence-corrected chi connectivity index (χ1v) is 6.55. The third-order valence-corrected chi connectivity index (χ3v) is 3.59. The molecule has 1 aromatic rings. The van der Waals surface area contributed by atoms with E-state index in [0.29, 0.717) is 24.8 Å². The Bertz CT molecular complexity index is 380. The standard InChI is InChI=1S/C15H21NO/c1-12-6-2-3-7-13(12)10-15(17)11-16-14-8-4-5-9-14/h2-3,6-7,14,16H,4-5,8-11H2,1H3. The number of hydrogen-bond acceptors (Lipinski definition) is 2. The van der Waals surface area contributed by atoms with Crippen LogP contribution >= 0.6 is 0 Å². The lowest BCUT2D eigenvalue weighted by Crippen LogP contribution is -2.32. The van der Waals surface area contributed by atoms with Gasteiger partial charge in [0.05, 0.1) is 6.54 Å². The quantitative estimate of drug-likeness (QED) is 0.844. The van der Waals surface area contributed by atoms with Crippen LogP contribution in [0.2, 0.25) is 0 Å². The first-order valence-electron chi connectivity index (χ1n) is 6.55. The smallest absolute Gasteiger partial charge is 0.150 e. The van der Waals surface area contributed by atoms with Gasteiger partial charge in [0, 0.05) is 12.5 Å². The number of benzene rings is 1. The van der Waals surface area contributed by atoms with Crippen LogP contribution in [0.5, 0.6) is 0 Å². The normalized spacial score (nSPS) is 16.3. The highest BCUT2D eigenvalue weighted by atomic mass is 16.1. The van der Waals surface area contributed by atoms with Crippen LogP contribution in [0.1, 0.15) is 36.8 Å². The maximum Gasteiger partial charge on any atom is 0.150 e. The Hall–Kier alpha value is -1.15. The number of carbonyl (C=O) groups excluding carboxylic acids is 1. The molecule has 2 nitrogen and oxygen atoms in total. The SMILES string of the molecule is Cc1ccccc1CC(=O)CNC1CCCC1. The van der Waals surface area contributed by atoms with Gasteiger partial charge in [-0.15, -0.1) is 0 Å². The van der Waals surface area contributed by atoms with Gasteiger partial charge in [0.15, 0.2) is 5.78 Å². The fourth-order valence-electron chi connectivity index (χ4n) is 2.47. The van der Waals surface area contributed by atoms with Crippen LogP contribution in [0, 0.1) is 6.92 Å². The Labute approximate surface area is 103 Å². The van der Waals surface area contributed by atoms with E-state index < -0.39 is 0 Å². The van der Waals surface area contributed by atoms with Gasteiger partial charge in [-0.2, -0.15) is 0 Å². The van der Waals surface area contributed by atoms with E-state index in [0.717, 1.165) is 5.56 Å². The molecule has 1 aliphatic rings. The van der Waals surface area contributed by atoms with Gasteiger partial charge < -0.3 is 5.32 Å². The van der Waals surface area contributed by atoms with E-state index >= 15 is 0 Å². The molecule has 0 spiro atoms. The number of carbonyl (C=O) groups is 1. The molecule has 1 aromatic carbocycles. The summed E-state index contributed by atoms with van der Waals surface area (Å²) in [6, 6.07) is 8.70. The van der Waals surface area contributed by atoms with Crippen LogP contribution in [0.3, 0.4) is 0 Å². The van der Waals surface area contributed by atoms with Gasteiger partial charge in [-0.3, -0.25) is 4.79 Å². The third kappa shape index (κ3) is 3.67. The van der Waals surface area contributed by atoms with Crippen LogP contribution in [0.15, 0.2) is 24.3 Å². The van der Waals surface area contributed by atoms with E-state index in [9.17, 15) is 4.79 Å². The molecule has 0 atom stereocenters. The topological polar surface area (TPSA) is 29.1 Å². The summed E-state index contributed by atoms with van der Waals surface area (Å²) in [4.78, 5) is 11.9. The van der Waals surface area contributed by atoms with Crippen molar-refractivity contribution in [2.45, 2.75) is 45.1 Å². The highest BCUT2D eigenvalue weighted by Gasteiger charge is 2.15. The van der Waals surface area contributed by atoms with E-state index in [1.54, 1.807) is 0 Å². The van der Waals surface area contributed by atoms with Gasteiger partial charge in [-0.05, 0) is 30.9 Å². The zero-order valence-electron chi connectivity index (χ0n) is 10.5. The van der Waals surface area contributed by atoms with Crippen molar-refractivity contribution < 1.29 is 4.79 Å². The van der Waals surface area contributed by atoms with Gasteiger partial charge in [0.2, 0.25) is 0 Å². The lowest BCUT2D eigenvalue weighted by atomic mass is 10.0. The number of Topliss-reactive ketones (excluding diaryl/α,β-unsaturated/α-hetero) is 1. The molecule has 0 aromatic heterocycles. The average molecular weight is 231 g/mol. The summed E-state index contributed by atoms with van der Waals surface area (Å²) < 4.78 is 0. The number of nitrogens with one attached hydrogen (secondary N) is 1. The minimum Gasteiger partial charge on any atom is -0.307 e. The van der Waals surface area contributed by atoms with Gasteiger partial charge >= 0.3 is 0 Å². The van der Waals surface area contributed by atoms with Crippen LogP contribution in [-0.2, 0) is 11.2 Å². The maximum atomic E-state index is 11.9. The molecule has 1 saturated carbocycles. The van der Waals surface area contributed by atoms with Crippen LogP contribution in [0.25, 0.3) is 0 Å². The number of rotatable bonds is 5. The summed E-state index contributed by atoms with van der Waals surface area (Å²) >= 11 is 0. The minimum absolute atomic E-state index is 0.297. The second-order valence-corrected chi connectivity index (χ2v) is 5.00. The second kappa shape index (κ2) is 5.97. The molecule has 0 bridgehead atoms. The fourth-order valence-corrected chi connectivity index (χ4v) is 2.47. The average Bonchev–Trinajstić information content (AvgIpc) is 2.82. The summed E-state index contributed by atoms with van der Waals surface area (Å²) in [5.74, 6) is 0.297. The molecule has 0 aliphatic heterocycles. The van der Waals surface area contributed by atoms with Crippen molar-refractivity contribution in [2.24, 2.45) is 0 Å². The predicted molar refractivity (Wildman–Crippen MR) is 70.1 cm³/mol. The Morgan fingerprint density at radius 1 is 1.29 bits per heavy atom. The molecule has 0 saturated heterocycles. The minimum atomic E-state index is 0.297. The molecule has 1 N–H and O–H groups in total. The van der Waals surface area contributed by atoms with Gasteiger partial charge in [0.25, 0.3) is 0 Å². The van der Waals surface area contributed by atoms with Crippen molar-refractivity contribution in [1.29, 1.82) is 0 Å². The number of hydrogen-bond donors (Lipinski definition) is 1. The fraction of sp³-hybridized carbons (Fsp3) is 0.533. The van der Waals surface area contributed by atoms with Crippen molar-refractivity contribution in [3.05, 3.63) is 35.4 Å². The largest absolute Gasteiger partial charge is 0.307 e. The summed E-state index contributed by atoms with van der Waals surface area (Å²) in [5.41, 5.74) is 2.37. The van der Waals surface area contributed by atoms with Crippen LogP contribution < -0.4 is 5.32 Å². The van der Waals surface area contributed by atoms with Gasteiger partial charge in [-0.1, -0.05) is 37.1 Å². The maximum absolute atomic E-state index is 11.9. The Morgan fingerprint density at radius 2 is 2.00 bits per heavy atom.